The first-order valence-corrected chi connectivity index (χ1v) is 11.5. The van der Waals surface area contributed by atoms with Crippen LogP contribution in [-0.4, -0.2) is 45.5 Å². The Kier molecular flexibility index (Phi) is 4.99. The Morgan fingerprint density at radius 3 is 2.41 bits per heavy atom. The van der Waals surface area contributed by atoms with Crippen LogP contribution in [0.5, 0.6) is 0 Å². The minimum Gasteiger partial charge on any atom is -0.356 e. The molecule has 4 aromatic rings. The highest BCUT2D eigenvalue weighted by atomic mass is 16.2. The number of amides is 2. The Bertz CT molecular complexity index is 1390. The zero-order chi connectivity index (χ0) is 23.1. The molecule has 1 aromatic heterocycles. The molecular weight excluding hydrogens is 424 g/mol. The number of aromatic amines is 1. The number of nitrogens with one attached hydrogen (secondary N) is 1. The van der Waals surface area contributed by atoms with E-state index in [0.717, 1.165) is 33.3 Å². The van der Waals surface area contributed by atoms with Crippen molar-refractivity contribution < 1.29 is 9.59 Å². The fourth-order valence-electron chi connectivity index (χ4n) is 5.19. The van der Waals surface area contributed by atoms with Gasteiger partial charge in [0.05, 0.1) is 6.04 Å². The Morgan fingerprint density at radius 1 is 0.912 bits per heavy atom. The van der Waals surface area contributed by atoms with E-state index in [1.807, 2.05) is 78.9 Å². The molecule has 6 rings (SSSR count). The van der Waals surface area contributed by atoms with E-state index in [0.29, 0.717) is 12.8 Å². The molecule has 3 heterocycles. The predicted molar refractivity (Wildman–Crippen MR) is 131 cm³/mol. The average molecular weight is 449 g/mol. The van der Waals surface area contributed by atoms with E-state index in [1.165, 1.54) is 5.01 Å². The van der Waals surface area contributed by atoms with Gasteiger partial charge in [-0.2, -0.15) is 5.10 Å². The second-order valence-electron chi connectivity index (χ2n) is 8.78. The summed E-state index contributed by atoms with van der Waals surface area (Å²) in [7, 11) is 0. The first-order chi connectivity index (χ1) is 16.7. The van der Waals surface area contributed by atoms with Crippen molar-refractivity contribution in [3.05, 3.63) is 107 Å². The van der Waals surface area contributed by atoms with E-state index in [-0.39, 0.29) is 24.4 Å². The highest BCUT2D eigenvalue weighted by molar-refractivity contribution is 5.97. The number of hydrogen-bond acceptors (Lipinski definition) is 3. The molecule has 1 unspecified atom stereocenters. The van der Waals surface area contributed by atoms with Crippen LogP contribution in [0.15, 0.2) is 90.0 Å². The molecule has 0 radical (unpaired) electrons. The molecule has 6 heteroatoms. The number of nitrogens with zero attached hydrogens (tertiary/aromatic N) is 3. The summed E-state index contributed by atoms with van der Waals surface area (Å²) in [6.07, 6.45) is 2.79. The zero-order valence-electron chi connectivity index (χ0n) is 18.6. The van der Waals surface area contributed by atoms with Gasteiger partial charge in [0.2, 0.25) is 5.91 Å². The normalized spacial score (nSPS) is 20.1. The fraction of sp³-hybridized carbons (Fsp3) is 0.179. The molecule has 1 saturated heterocycles. The van der Waals surface area contributed by atoms with Crippen molar-refractivity contribution in [2.24, 2.45) is 5.10 Å². The number of hydrogen-bond donors (Lipinski definition) is 1. The minimum atomic E-state index is -0.591. The quantitative estimate of drug-likeness (QED) is 0.478. The first kappa shape index (κ1) is 20.4. The molecule has 1 fully saturated rings. The average Bonchev–Trinajstić information content (AvgIpc) is 3.25. The van der Waals surface area contributed by atoms with Crippen molar-refractivity contribution in [1.29, 1.82) is 0 Å². The van der Waals surface area contributed by atoms with Crippen molar-refractivity contribution in [3.63, 3.8) is 0 Å². The summed E-state index contributed by atoms with van der Waals surface area (Å²) >= 11 is 0. The molecule has 2 aliphatic heterocycles. The van der Waals surface area contributed by atoms with Crippen LogP contribution in [0.25, 0.3) is 10.9 Å². The standard InChI is InChI=1S/C28H24N4O2/c33-25-18-31(29-16-15-19-9-3-1-4-10-19)28(34)24-17-22-21-13-7-8-14-23(21)30-26(22)27(32(24)25)20-11-5-2-6-12-20/h1-14,16,24,27,30H,15,17-18H2/t24-,27?/m0/s1. The van der Waals surface area contributed by atoms with Crippen LogP contribution in [0.3, 0.4) is 0 Å². The van der Waals surface area contributed by atoms with E-state index >= 15 is 0 Å². The molecule has 0 aliphatic carbocycles. The molecule has 3 aromatic carbocycles. The maximum Gasteiger partial charge on any atom is 0.266 e. The fourth-order valence-corrected chi connectivity index (χ4v) is 5.19. The molecule has 0 spiro atoms. The number of aromatic nitrogens is 1. The number of piperazine rings is 1. The van der Waals surface area contributed by atoms with Gasteiger partial charge in [0, 0.05) is 35.7 Å². The number of para-hydroxylation sites is 1. The molecule has 0 bridgehead atoms. The molecule has 2 atom stereocenters. The summed E-state index contributed by atoms with van der Waals surface area (Å²) in [4.78, 5) is 32.4. The molecule has 2 amide bonds. The van der Waals surface area contributed by atoms with Crippen LogP contribution in [-0.2, 0) is 22.4 Å². The summed E-state index contributed by atoms with van der Waals surface area (Å²) < 4.78 is 0. The van der Waals surface area contributed by atoms with E-state index in [9.17, 15) is 9.59 Å². The second-order valence-corrected chi connectivity index (χ2v) is 8.78. The molecule has 0 saturated carbocycles. The highest BCUT2D eigenvalue weighted by Crippen LogP contribution is 2.42. The van der Waals surface area contributed by atoms with Crippen molar-refractivity contribution in [2.75, 3.05) is 6.54 Å². The lowest BCUT2D eigenvalue weighted by Crippen LogP contribution is -2.61. The van der Waals surface area contributed by atoms with Crippen molar-refractivity contribution in [2.45, 2.75) is 24.9 Å². The Balaban J connectivity index is 1.38. The van der Waals surface area contributed by atoms with Crippen LogP contribution in [0.4, 0.5) is 0 Å². The number of hydrazone groups is 1. The van der Waals surface area contributed by atoms with Crippen molar-refractivity contribution in [3.8, 4) is 0 Å². The van der Waals surface area contributed by atoms with Gasteiger partial charge in [0.1, 0.15) is 12.6 Å². The number of rotatable bonds is 4. The SMILES string of the molecule is O=C1[C@@H]2Cc3c([nH]c4ccccc34)C(c3ccccc3)N2C(=O)CN1N=CCc1ccccc1. The zero-order valence-corrected chi connectivity index (χ0v) is 18.6. The van der Waals surface area contributed by atoms with E-state index < -0.39 is 6.04 Å². The lowest BCUT2D eigenvalue weighted by Gasteiger charge is -2.45. The Labute approximate surface area is 197 Å². The number of H-pyrrole nitrogens is 1. The van der Waals surface area contributed by atoms with Crippen LogP contribution in [0.1, 0.15) is 28.4 Å². The van der Waals surface area contributed by atoms with E-state index in [1.54, 1.807) is 11.1 Å². The monoisotopic (exact) mass is 448 g/mol. The maximum absolute atomic E-state index is 13.6. The number of carbonyl (C=O) groups is 2. The van der Waals surface area contributed by atoms with Gasteiger partial charge >= 0.3 is 0 Å². The summed E-state index contributed by atoms with van der Waals surface area (Å²) in [5.74, 6) is -0.236. The van der Waals surface area contributed by atoms with Crippen molar-refractivity contribution >= 4 is 28.9 Å². The first-order valence-electron chi connectivity index (χ1n) is 11.5. The lowest BCUT2D eigenvalue weighted by molar-refractivity contribution is -0.158. The van der Waals surface area contributed by atoms with Crippen LogP contribution < -0.4 is 0 Å². The predicted octanol–water partition coefficient (Wildman–Crippen LogP) is 4.08. The topological polar surface area (TPSA) is 68.8 Å². The molecule has 2 aliphatic rings. The molecule has 6 nitrogen and oxygen atoms in total. The third-order valence-electron chi connectivity index (χ3n) is 6.75. The van der Waals surface area contributed by atoms with E-state index in [2.05, 4.69) is 16.2 Å². The third kappa shape index (κ3) is 3.39. The summed E-state index contributed by atoms with van der Waals surface area (Å²) in [6.45, 7) is -0.0560. The summed E-state index contributed by atoms with van der Waals surface area (Å²) in [6, 6.07) is 27.1. The van der Waals surface area contributed by atoms with Gasteiger partial charge in [-0.3, -0.25) is 9.59 Å². The number of carbonyl (C=O) groups excluding carboxylic acids is 2. The van der Waals surface area contributed by atoms with Gasteiger partial charge < -0.3 is 9.88 Å². The molecule has 1 N–H and O–H groups in total. The maximum atomic E-state index is 13.6. The van der Waals surface area contributed by atoms with Gasteiger partial charge in [-0.25, -0.2) is 5.01 Å². The summed E-state index contributed by atoms with van der Waals surface area (Å²) in [5.41, 5.74) is 5.20. The second kappa shape index (κ2) is 8.30. The smallest absolute Gasteiger partial charge is 0.266 e. The molecule has 34 heavy (non-hydrogen) atoms. The third-order valence-corrected chi connectivity index (χ3v) is 6.75. The van der Waals surface area contributed by atoms with Crippen LogP contribution >= 0.6 is 0 Å². The largest absolute Gasteiger partial charge is 0.356 e. The summed E-state index contributed by atoms with van der Waals surface area (Å²) in [5, 5.41) is 6.85. The van der Waals surface area contributed by atoms with Crippen molar-refractivity contribution in [1.82, 2.24) is 14.9 Å². The highest BCUT2D eigenvalue weighted by Gasteiger charge is 2.48. The number of benzene rings is 3. The van der Waals surface area contributed by atoms with E-state index in [4.69, 9.17) is 0 Å². The Hall–Kier alpha value is -4.19. The number of fused-ring (bicyclic) bond motifs is 4. The lowest BCUT2D eigenvalue weighted by atomic mass is 9.86. The van der Waals surface area contributed by atoms with Crippen LogP contribution in [0, 0.1) is 0 Å². The molecule has 168 valence electrons. The van der Waals surface area contributed by atoms with Gasteiger partial charge in [-0.05, 0) is 22.8 Å². The van der Waals surface area contributed by atoms with Gasteiger partial charge in [0.15, 0.2) is 0 Å². The molecular formula is C28H24N4O2. The van der Waals surface area contributed by atoms with Gasteiger partial charge in [0.25, 0.3) is 5.91 Å². The minimum absolute atomic E-state index is 0.0560. The van der Waals surface area contributed by atoms with Crippen LogP contribution in [0.2, 0.25) is 0 Å². The van der Waals surface area contributed by atoms with Gasteiger partial charge in [-0.15, -0.1) is 0 Å². The van der Waals surface area contributed by atoms with Gasteiger partial charge in [-0.1, -0.05) is 78.9 Å². The Morgan fingerprint density at radius 2 is 1.62 bits per heavy atom.